The quantitative estimate of drug-likeness (QED) is 0.927. The molecule has 7 heteroatoms. The Morgan fingerprint density at radius 1 is 1.26 bits per heavy atom. The second-order valence-corrected chi connectivity index (χ2v) is 5.84. The Kier molecular flexibility index (Phi) is 4.97. The van der Waals surface area contributed by atoms with Crippen LogP contribution in [0.2, 0.25) is 0 Å². The van der Waals surface area contributed by atoms with E-state index in [9.17, 15) is 22.8 Å². The molecular formula is C16H18F3NO3. The molecule has 1 aromatic carbocycles. The van der Waals surface area contributed by atoms with Crippen molar-refractivity contribution in [1.29, 1.82) is 0 Å². The lowest BCUT2D eigenvalue weighted by atomic mass is 9.92. The van der Waals surface area contributed by atoms with Crippen LogP contribution in [-0.4, -0.2) is 34.5 Å². The minimum Gasteiger partial charge on any atom is -0.481 e. The van der Waals surface area contributed by atoms with Gasteiger partial charge in [0.15, 0.2) is 0 Å². The Hall–Kier alpha value is -2.05. The number of hydrogen-bond donors (Lipinski definition) is 1. The SMILES string of the molecule is CC1CCC(C(=O)O)CN1C(=O)Cc1ccccc1C(F)(F)F. The molecule has 1 heterocycles. The standard InChI is InChI=1S/C16H18F3NO3/c1-10-6-7-12(15(22)23)9-20(10)14(21)8-11-4-2-3-5-13(11)16(17,18)19/h2-5,10,12H,6-9H2,1H3,(H,22,23). The molecule has 0 radical (unpaired) electrons. The molecular weight excluding hydrogens is 311 g/mol. The first-order valence-electron chi connectivity index (χ1n) is 7.37. The molecule has 2 unspecified atom stereocenters. The van der Waals surface area contributed by atoms with Gasteiger partial charge < -0.3 is 10.0 Å². The Morgan fingerprint density at radius 3 is 2.52 bits per heavy atom. The van der Waals surface area contributed by atoms with E-state index in [2.05, 4.69) is 0 Å². The molecule has 2 atom stereocenters. The van der Waals surface area contributed by atoms with E-state index in [0.717, 1.165) is 6.07 Å². The summed E-state index contributed by atoms with van der Waals surface area (Å²) in [6, 6.07) is 4.79. The predicted molar refractivity (Wildman–Crippen MR) is 76.7 cm³/mol. The highest BCUT2D eigenvalue weighted by molar-refractivity contribution is 5.80. The molecule has 23 heavy (non-hydrogen) atoms. The van der Waals surface area contributed by atoms with Crippen molar-refractivity contribution in [1.82, 2.24) is 4.90 Å². The summed E-state index contributed by atoms with van der Waals surface area (Å²) in [7, 11) is 0. The first kappa shape index (κ1) is 17.3. The lowest BCUT2D eigenvalue weighted by Gasteiger charge is -2.36. The van der Waals surface area contributed by atoms with Gasteiger partial charge in [-0.05, 0) is 31.4 Å². The molecule has 4 nitrogen and oxygen atoms in total. The van der Waals surface area contributed by atoms with Gasteiger partial charge in [0, 0.05) is 12.6 Å². The lowest BCUT2D eigenvalue weighted by molar-refractivity contribution is -0.147. The van der Waals surface area contributed by atoms with Crippen molar-refractivity contribution in [3.8, 4) is 0 Å². The maximum atomic E-state index is 13.0. The van der Waals surface area contributed by atoms with Crippen LogP contribution in [0.1, 0.15) is 30.9 Å². The van der Waals surface area contributed by atoms with Crippen molar-refractivity contribution in [3.05, 3.63) is 35.4 Å². The van der Waals surface area contributed by atoms with Gasteiger partial charge in [-0.3, -0.25) is 9.59 Å². The second-order valence-electron chi connectivity index (χ2n) is 5.84. The molecule has 0 saturated carbocycles. The highest BCUT2D eigenvalue weighted by Crippen LogP contribution is 2.32. The van der Waals surface area contributed by atoms with Gasteiger partial charge in [0.25, 0.3) is 0 Å². The third-order valence-electron chi connectivity index (χ3n) is 4.22. The summed E-state index contributed by atoms with van der Waals surface area (Å²) in [5.74, 6) is -2.11. The van der Waals surface area contributed by atoms with Gasteiger partial charge in [-0.1, -0.05) is 18.2 Å². The van der Waals surface area contributed by atoms with Crippen LogP contribution in [0.3, 0.4) is 0 Å². The minimum absolute atomic E-state index is 0.0452. The van der Waals surface area contributed by atoms with E-state index in [4.69, 9.17) is 5.11 Å². The van der Waals surface area contributed by atoms with E-state index >= 15 is 0 Å². The summed E-state index contributed by atoms with van der Waals surface area (Å²) in [4.78, 5) is 24.9. The van der Waals surface area contributed by atoms with Crippen LogP contribution in [0.4, 0.5) is 13.2 Å². The molecule has 0 spiro atoms. The molecule has 1 aromatic rings. The maximum Gasteiger partial charge on any atom is 0.416 e. The van der Waals surface area contributed by atoms with Crippen LogP contribution in [0, 0.1) is 5.92 Å². The number of carbonyl (C=O) groups excluding carboxylic acids is 1. The third-order valence-corrected chi connectivity index (χ3v) is 4.22. The number of nitrogens with zero attached hydrogens (tertiary/aromatic N) is 1. The van der Waals surface area contributed by atoms with Crippen LogP contribution < -0.4 is 0 Å². The molecule has 1 amide bonds. The maximum absolute atomic E-state index is 13.0. The van der Waals surface area contributed by atoms with Gasteiger partial charge in [-0.2, -0.15) is 13.2 Å². The molecule has 1 aliphatic heterocycles. The largest absolute Gasteiger partial charge is 0.481 e. The van der Waals surface area contributed by atoms with Gasteiger partial charge in [-0.25, -0.2) is 0 Å². The zero-order valence-corrected chi connectivity index (χ0v) is 12.6. The van der Waals surface area contributed by atoms with Crippen LogP contribution in [-0.2, 0) is 22.2 Å². The number of carboxylic acid groups (broad SMARTS) is 1. The van der Waals surface area contributed by atoms with Crippen LogP contribution in [0.25, 0.3) is 0 Å². The van der Waals surface area contributed by atoms with Crippen molar-refractivity contribution in [2.24, 2.45) is 5.92 Å². The number of halogens is 3. The number of rotatable bonds is 3. The highest BCUT2D eigenvalue weighted by atomic mass is 19.4. The Labute approximate surface area is 131 Å². The zero-order chi connectivity index (χ0) is 17.2. The Bertz CT molecular complexity index is 600. The molecule has 1 fully saturated rings. The summed E-state index contributed by atoms with van der Waals surface area (Å²) in [6.45, 7) is 1.83. The number of likely N-dealkylation sites (tertiary alicyclic amines) is 1. The first-order chi connectivity index (χ1) is 10.7. The number of aliphatic carboxylic acids is 1. The summed E-state index contributed by atoms with van der Waals surface area (Å²) in [6.07, 6.45) is -3.90. The zero-order valence-electron chi connectivity index (χ0n) is 12.6. The normalized spacial score (nSPS) is 22.0. The van der Waals surface area contributed by atoms with Gasteiger partial charge in [0.2, 0.25) is 5.91 Å². The lowest BCUT2D eigenvalue weighted by Crippen LogP contribution is -2.48. The van der Waals surface area contributed by atoms with E-state index in [-0.39, 0.29) is 24.6 Å². The fourth-order valence-electron chi connectivity index (χ4n) is 2.87. The van der Waals surface area contributed by atoms with Crippen molar-refractivity contribution in [2.45, 2.75) is 38.4 Å². The van der Waals surface area contributed by atoms with E-state index < -0.39 is 29.5 Å². The molecule has 0 bridgehead atoms. The van der Waals surface area contributed by atoms with Crippen LogP contribution >= 0.6 is 0 Å². The number of piperidine rings is 1. The first-order valence-corrected chi connectivity index (χ1v) is 7.37. The van der Waals surface area contributed by atoms with Crippen LogP contribution in [0.15, 0.2) is 24.3 Å². The van der Waals surface area contributed by atoms with Crippen LogP contribution in [0.5, 0.6) is 0 Å². The fourth-order valence-corrected chi connectivity index (χ4v) is 2.87. The molecule has 0 aromatic heterocycles. The number of benzene rings is 1. The van der Waals surface area contributed by atoms with Crippen molar-refractivity contribution in [3.63, 3.8) is 0 Å². The summed E-state index contributed by atoms with van der Waals surface area (Å²) < 4.78 is 38.9. The van der Waals surface area contributed by atoms with E-state index in [1.165, 1.54) is 23.1 Å². The Morgan fingerprint density at radius 2 is 1.91 bits per heavy atom. The topological polar surface area (TPSA) is 57.6 Å². The summed E-state index contributed by atoms with van der Waals surface area (Å²) in [5.41, 5.74) is -0.914. The van der Waals surface area contributed by atoms with Crippen molar-refractivity contribution >= 4 is 11.9 Å². The minimum atomic E-state index is -4.52. The molecule has 126 valence electrons. The summed E-state index contributed by atoms with van der Waals surface area (Å²) in [5, 5.41) is 9.08. The van der Waals surface area contributed by atoms with Gasteiger partial charge in [0.05, 0.1) is 17.9 Å². The summed E-state index contributed by atoms with van der Waals surface area (Å²) >= 11 is 0. The average Bonchev–Trinajstić information content (AvgIpc) is 2.46. The number of carboxylic acids is 1. The third kappa shape index (κ3) is 4.03. The van der Waals surface area contributed by atoms with Gasteiger partial charge in [-0.15, -0.1) is 0 Å². The fraction of sp³-hybridized carbons (Fsp3) is 0.500. The van der Waals surface area contributed by atoms with E-state index in [1.807, 2.05) is 0 Å². The number of amides is 1. The highest BCUT2D eigenvalue weighted by Gasteiger charge is 2.36. The number of carbonyl (C=O) groups is 2. The predicted octanol–water partition coefficient (Wildman–Crippen LogP) is 2.96. The molecule has 1 saturated heterocycles. The van der Waals surface area contributed by atoms with Crippen molar-refractivity contribution < 1.29 is 27.9 Å². The average molecular weight is 329 g/mol. The molecule has 0 aliphatic carbocycles. The molecule has 1 aliphatic rings. The smallest absolute Gasteiger partial charge is 0.416 e. The van der Waals surface area contributed by atoms with Gasteiger partial charge in [0.1, 0.15) is 0 Å². The Balaban J connectivity index is 2.17. The molecule has 2 rings (SSSR count). The number of alkyl halides is 3. The van der Waals surface area contributed by atoms with Crippen molar-refractivity contribution in [2.75, 3.05) is 6.54 Å². The second kappa shape index (κ2) is 6.60. The number of hydrogen-bond acceptors (Lipinski definition) is 2. The monoisotopic (exact) mass is 329 g/mol. The molecule has 1 N–H and O–H groups in total. The van der Waals surface area contributed by atoms with Gasteiger partial charge >= 0.3 is 12.1 Å². The van der Waals surface area contributed by atoms with E-state index in [0.29, 0.717) is 12.8 Å². The van der Waals surface area contributed by atoms with E-state index in [1.54, 1.807) is 6.92 Å².